The predicted molar refractivity (Wildman–Crippen MR) is 81.3 cm³/mol. The number of rotatable bonds is 9. The minimum atomic E-state index is -3.61. The second-order valence-electron chi connectivity index (χ2n) is 4.97. The van der Waals surface area contributed by atoms with E-state index in [4.69, 9.17) is 5.11 Å². The van der Waals surface area contributed by atoms with Gasteiger partial charge in [0.25, 0.3) is 10.2 Å². The van der Waals surface area contributed by atoms with Crippen LogP contribution >= 0.6 is 0 Å². The average Bonchev–Trinajstić information content (AvgIpc) is 2.45. The molecule has 6 nitrogen and oxygen atoms in total. The maximum atomic E-state index is 11.9. The van der Waals surface area contributed by atoms with Gasteiger partial charge >= 0.3 is 5.97 Å². The van der Waals surface area contributed by atoms with E-state index >= 15 is 0 Å². The maximum Gasteiger partial charge on any atom is 0.304 e. The molecule has 0 aliphatic heterocycles. The summed E-state index contributed by atoms with van der Waals surface area (Å²) in [4.78, 5) is 10.4. The molecule has 2 N–H and O–H groups in total. The van der Waals surface area contributed by atoms with Crippen molar-refractivity contribution in [2.45, 2.75) is 25.7 Å². The van der Waals surface area contributed by atoms with E-state index in [9.17, 15) is 13.2 Å². The third-order valence-electron chi connectivity index (χ3n) is 3.28. The van der Waals surface area contributed by atoms with Crippen molar-refractivity contribution in [1.82, 2.24) is 9.03 Å². The highest BCUT2D eigenvalue weighted by Gasteiger charge is 2.18. The lowest BCUT2D eigenvalue weighted by Gasteiger charge is -2.18. The van der Waals surface area contributed by atoms with Gasteiger partial charge in [-0.05, 0) is 17.9 Å². The van der Waals surface area contributed by atoms with Crippen LogP contribution < -0.4 is 4.72 Å². The van der Waals surface area contributed by atoms with Gasteiger partial charge in [-0.2, -0.15) is 12.7 Å². The zero-order valence-electron chi connectivity index (χ0n) is 12.3. The molecule has 0 aromatic heterocycles. The van der Waals surface area contributed by atoms with Crippen molar-refractivity contribution in [2.24, 2.45) is 0 Å². The lowest BCUT2D eigenvalue weighted by atomic mass is 9.98. The summed E-state index contributed by atoms with van der Waals surface area (Å²) in [5.41, 5.74) is 1.16. The van der Waals surface area contributed by atoms with E-state index < -0.39 is 16.2 Å². The minimum Gasteiger partial charge on any atom is -0.481 e. The third-order valence-corrected chi connectivity index (χ3v) is 4.85. The van der Waals surface area contributed by atoms with Gasteiger partial charge in [0.2, 0.25) is 0 Å². The molecule has 0 amide bonds. The average molecular weight is 314 g/mol. The van der Waals surface area contributed by atoms with Crippen LogP contribution in [0.4, 0.5) is 0 Å². The molecule has 1 aromatic carbocycles. The van der Waals surface area contributed by atoms with Gasteiger partial charge in [-0.3, -0.25) is 4.79 Å². The summed E-state index contributed by atoms with van der Waals surface area (Å²) in [6.45, 7) is 2.31. The maximum absolute atomic E-state index is 11.9. The first kappa shape index (κ1) is 17.6. The Balaban J connectivity index is 2.41. The summed E-state index contributed by atoms with van der Waals surface area (Å²) in [5, 5.41) is 8.56. The molecule has 0 spiro atoms. The summed E-state index contributed by atoms with van der Waals surface area (Å²) in [6.07, 6.45) is 0.466. The van der Waals surface area contributed by atoms with Crippen molar-refractivity contribution in [3.63, 3.8) is 0 Å². The van der Waals surface area contributed by atoms with Crippen LogP contribution in [0, 0.1) is 0 Å². The van der Waals surface area contributed by atoms with Crippen molar-refractivity contribution in [1.29, 1.82) is 0 Å². The second kappa shape index (κ2) is 8.11. The highest BCUT2D eigenvalue weighted by Crippen LogP contribution is 2.17. The first-order valence-corrected chi connectivity index (χ1v) is 8.24. The van der Waals surface area contributed by atoms with Crippen LogP contribution in [-0.2, 0) is 15.0 Å². The Morgan fingerprint density at radius 3 is 2.52 bits per heavy atom. The van der Waals surface area contributed by atoms with Crippen LogP contribution in [0.2, 0.25) is 0 Å². The number of benzene rings is 1. The van der Waals surface area contributed by atoms with E-state index in [1.54, 1.807) is 0 Å². The summed E-state index contributed by atoms with van der Waals surface area (Å²) in [5.74, 6) is -0.770. The van der Waals surface area contributed by atoms with Crippen LogP contribution in [0.5, 0.6) is 0 Å². The van der Waals surface area contributed by atoms with Gasteiger partial charge in [-0.25, -0.2) is 4.72 Å². The highest BCUT2D eigenvalue weighted by atomic mass is 32.2. The van der Waals surface area contributed by atoms with Gasteiger partial charge in [0, 0.05) is 20.1 Å². The lowest BCUT2D eigenvalue weighted by molar-refractivity contribution is -0.137. The molecule has 1 unspecified atom stereocenters. The van der Waals surface area contributed by atoms with Crippen LogP contribution in [0.3, 0.4) is 0 Å². The smallest absolute Gasteiger partial charge is 0.304 e. The molecule has 0 saturated heterocycles. The summed E-state index contributed by atoms with van der Waals surface area (Å²) in [6, 6.07) is 9.87. The lowest BCUT2D eigenvalue weighted by Crippen LogP contribution is -2.39. The molecule has 1 atom stereocenters. The first-order chi connectivity index (χ1) is 9.83. The molecule has 0 bridgehead atoms. The molecule has 0 fully saturated rings. The topological polar surface area (TPSA) is 86.7 Å². The molecule has 0 aliphatic carbocycles. The number of hydrogen-bond donors (Lipinski definition) is 2. The Morgan fingerprint density at radius 2 is 1.95 bits per heavy atom. The molecule has 118 valence electrons. The Labute approximate surface area is 126 Å². The highest BCUT2D eigenvalue weighted by molar-refractivity contribution is 7.87. The minimum absolute atomic E-state index is 0.0428. The number of hydrogen-bond acceptors (Lipinski definition) is 3. The Hall–Kier alpha value is -1.44. The van der Waals surface area contributed by atoms with Crippen molar-refractivity contribution in [3.05, 3.63) is 35.9 Å². The number of aliphatic carboxylic acids is 1. The zero-order valence-corrected chi connectivity index (χ0v) is 13.1. The Morgan fingerprint density at radius 1 is 1.33 bits per heavy atom. The number of nitrogens with zero attached hydrogens (tertiary/aromatic N) is 1. The fourth-order valence-corrected chi connectivity index (χ4v) is 2.76. The fraction of sp³-hybridized carbons (Fsp3) is 0.500. The quantitative estimate of drug-likeness (QED) is 0.722. The molecule has 1 aromatic rings. The van der Waals surface area contributed by atoms with Gasteiger partial charge in [0.1, 0.15) is 0 Å². The van der Waals surface area contributed by atoms with Gasteiger partial charge in [0.15, 0.2) is 0 Å². The van der Waals surface area contributed by atoms with Gasteiger partial charge in [-0.15, -0.1) is 0 Å². The molecule has 7 heteroatoms. The van der Waals surface area contributed by atoms with Gasteiger partial charge in [-0.1, -0.05) is 37.3 Å². The monoisotopic (exact) mass is 314 g/mol. The SMILES string of the molecule is CC(CCNS(=O)(=O)N(C)CCC(=O)O)c1ccccc1. The summed E-state index contributed by atoms with van der Waals surface area (Å²) < 4.78 is 27.3. The molecule has 0 saturated carbocycles. The van der Waals surface area contributed by atoms with Crippen molar-refractivity contribution in [2.75, 3.05) is 20.1 Å². The van der Waals surface area contributed by atoms with E-state index in [1.807, 2.05) is 37.3 Å². The molecule has 1 rings (SSSR count). The Kier molecular flexibility index (Phi) is 6.80. The van der Waals surface area contributed by atoms with Crippen LogP contribution in [0.25, 0.3) is 0 Å². The van der Waals surface area contributed by atoms with E-state index in [2.05, 4.69) is 4.72 Å². The number of carbonyl (C=O) groups is 1. The van der Waals surface area contributed by atoms with Crippen molar-refractivity contribution in [3.8, 4) is 0 Å². The largest absolute Gasteiger partial charge is 0.481 e. The number of nitrogens with one attached hydrogen (secondary N) is 1. The van der Waals surface area contributed by atoms with Crippen LogP contribution in [0.15, 0.2) is 30.3 Å². The van der Waals surface area contributed by atoms with Crippen molar-refractivity contribution < 1.29 is 18.3 Å². The number of carboxylic acid groups (broad SMARTS) is 1. The molecular formula is C14H22N2O4S. The standard InChI is InChI=1S/C14H22N2O4S/c1-12(13-6-4-3-5-7-13)8-10-15-21(19,20)16(2)11-9-14(17)18/h3-7,12,15H,8-11H2,1-2H3,(H,17,18). The van der Waals surface area contributed by atoms with Crippen molar-refractivity contribution >= 4 is 16.2 Å². The second-order valence-corrected chi connectivity index (χ2v) is 6.83. The van der Waals surface area contributed by atoms with Gasteiger partial charge in [0.05, 0.1) is 6.42 Å². The molecule has 0 aliphatic rings. The number of carboxylic acids is 1. The van der Waals surface area contributed by atoms with E-state index in [0.717, 1.165) is 9.87 Å². The molecule has 0 heterocycles. The van der Waals surface area contributed by atoms with Crippen LogP contribution in [0.1, 0.15) is 31.2 Å². The fourth-order valence-electron chi connectivity index (χ4n) is 1.84. The predicted octanol–water partition coefficient (Wildman–Crippen LogP) is 1.42. The molecule has 0 radical (unpaired) electrons. The third kappa shape index (κ3) is 6.24. The van der Waals surface area contributed by atoms with Gasteiger partial charge < -0.3 is 5.11 Å². The van der Waals surface area contributed by atoms with E-state index in [1.165, 1.54) is 7.05 Å². The zero-order chi connectivity index (χ0) is 15.9. The molecular weight excluding hydrogens is 292 g/mol. The Bertz CT molecular complexity index is 545. The van der Waals surface area contributed by atoms with E-state index in [0.29, 0.717) is 13.0 Å². The summed E-state index contributed by atoms with van der Waals surface area (Å²) >= 11 is 0. The normalized spacial score (nSPS) is 13.3. The summed E-state index contributed by atoms with van der Waals surface area (Å²) in [7, 11) is -2.25. The van der Waals surface area contributed by atoms with E-state index in [-0.39, 0.29) is 18.9 Å². The molecule has 21 heavy (non-hydrogen) atoms. The first-order valence-electron chi connectivity index (χ1n) is 6.80. The van der Waals surface area contributed by atoms with Crippen LogP contribution in [-0.4, -0.2) is 43.9 Å².